The Morgan fingerprint density at radius 2 is 1.82 bits per heavy atom. The van der Waals surface area contributed by atoms with Gasteiger partial charge in [-0.1, -0.05) is 0 Å². The Labute approximate surface area is 188 Å². The molecule has 0 saturated heterocycles. The molecule has 0 atom stereocenters. The van der Waals surface area contributed by atoms with Gasteiger partial charge in [0.25, 0.3) is 5.56 Å². The van der Waals surface area contributed by atoms with E-state index in [0.717, 1.165) is 37.3 Å². The van der Waals surface area contributed by atoms with Crippen molar-refractivity contribution in [1.29, 1.82) is 0 Å². The van der Waals surface area contributed by atoms with Crippen LogP contribution in [0.25, 0.3) is 10.8 Å². The summed E-state index contributed by atoms with van der Waals surface area (Å²) in [6.07, 6.45) is 2.93. The number of pyridine rings is 1. The number of hydrogen-bond donors (Lipinski definition) is 3. The first-order valence-electron chi connectivity index (χ1n) is 11.2. The summed E-state index contributed by atoms with van der Waals surface area (Å²) in [6, 6.07) is 7.31. The molecule has 2 aliphatic carbocycles. The van der Waals surface area contributed by atoms with Crippen molar-refractivity contribution < 1.29 is 13.2 Å². The third kappa shape index (κ3) is 4.66. The summed E-state index contributed by atoms with van der Waals surface area (Å²) in [5, 5.41) is 7.26. The third-order valence-corrected chi connectivity index (χ3v) is 6.33. The zero-order valence-electron chi connectivity index (χ0n) is 17.9. The second-order valence-corrected chi connectivity index (χ2v) is 8.90. The average molecular weight is 458 g/mol. The maximum absolute atomic E-state index is 13.5. The van der Waals surface area contributed by atoms with Crippen molar-refractivity contribution in [3.05, 3.63) is 52.6 Å². The fourth-order valence-corrected chi connectivity index (χ4v) is 4.33. The minimum Gasteiger partial charge on any atom is -0.367 e. The maximum atomic E-state index is 13.5. The number of alkyl halides is 3. The van der Waals surface area contributed by atoms with E-state index in [9.17, 15) is 18.0 Å². The number of aromatic nitrogens is 3. The molecule has 2 fully saturated rings. The Balaban J connectivity index is 1.41. The van der Waals surface area contributed by atoms with Crippen LogP contribution >= 0.6 is 0 Å². The van der Waals surface area contributed by atoms with E-state index in [4.69, 9.17) is 5.73 Å². The lowest BCUT2D eigenvalue weighted by atomic mass is 9.92. The Hall–Kier alpha value is -3.14. The molecule has 4 N–H and O–H groups in total. The van der Waals surface area contributed by atoms with Gasteiger partial charge in [0.1, 0.15) is 11.4 Å². The minimum absolute atomic E-state index is 0.0361. The van der Waals surface area contributed by atoms with Crippen LogP contribution in [0.3, 0.4) is 0 Å². The van der Waals surface area contributed by atoms with Crippen LogP contribution in [0.1, 0.15) is 50.1 Å². The molecule has 2 heterocycles. The van der Waals surface area contributed by atoms with E-state index >= 15 is 0 Å². The predicted molar refractivity (Wildman–Crippen MR) is 121 cm³/mol. The molecule has 1 aromatic carbocycles. The highest BCUT2D eigenvalue weighted by atomic mass is 19.4. The third-order valence-electron chi connectivity index (χ3n) is 6.33. The topological polar surface area (TPSA) is 97.9 Å². The van der Waals surface area contributed by atoms with Crippen molar-refractivity contribution in [2.24, 2.45) is 5.73 Å². The number of nitrogens with zero attached hydrogens (tertiary/aromatic N) is 3. The zero-order valence-corrected chi connectivity index (χ0v) is 17.9. The highest BCUT2D eigenvalue weighted by Crippen LogP contribution is 2.36. The summed E-state index contributed by atoms with van der Waals surface area (Å²) >= 11 is 0. The number of anilines is 3. The molecule has 10 heteroatoms. The summed E-state index contributed by atoms with van der Waals surface area (Å²) in [6.45, 7) is 0. The van der Waals surface area contributed by atoms with Gasteiger partial charge in [0, 0.05) is 41.6 Å². The summed E-state index contributed by atoms with van der Waals surface area (Å²) in [5.41, 5.74) is 5.56. The lowest BCUT2D eigenvalue weighted by molar-refractivity contribution is -0.137. The summed E-state index contributed by atoms with van der Waals surface area (Å²) < 4.78 is 42.4. The molecule has 2 saturated carbocycles. The lowest BCUT2D eigenvalue weighted by Crippen LogP contribution is -2.33. The molecule has 3 aromatic rings. The standard InChI is InChI=1S/C23H25F3N6O/c24-23(25,26)19-12-28-22(31-20(19)29-15-3-1-14(27)2-4-15)30-16-5-8-18-13(11-16)9-10-32(21(18)33)17-6-7-17/h5,8-12,14-15,17H,1-4,6-7,27H2,(H2,28,29,30,31)/t14-,15+. The summed E-state index contributed by atoms with van der Waals surface area (Å²) in [5.74, 6) is -0.197. The number of benzene rings is 1. The lowest BCUT2D eigenvalue weighted by Gasteiger charge is -2.28. The Bertz CT molecular complexity index is 1230. The van der Waals surface area contributed by atoms with Crippen molar-refractivity contribution in [3.8, 4) is 0 Å². The molecule has 0 unspecified atom stereocenters. The molecule has 7 nitrogen and oxygen atoms in total. The van der Waals surface area contributed by atoms with Crippen LogP contribution in [0.15, 0.2) is 41.5 Å². The molecule has 0 bridgehead atoms. The molecular formula is C23H25F3N6O. The second-order valence-electron chi connectivity index (χ2n) is 8.90. The monoisotopic (exact) mass is 458 g/mol. The van der Waals surface area contributed by atoms with Crippen molar-refractivity contribution >= 4 is 28.2 Å². The predicted octanol–water partition coefficient (Wildman–Crippen LogP) is 4.57. The number of halogens is 3. The molecular weight excluding hydrogens is 433 g/mol. The smallest absolute Gasteiger partial charge is 0.367 e. The highest BCUT2D eigenvalue weighted by molar-refractivity contribution is 5.85. The zero-order chi connectivity index (χ0) is 23.2. The molecule has 0 radical (unpaired) electrons. The van der Waals surface area contributed by atoms with Crippen molar-refractivity contribution in [2.45, 2.75) is 62.8 Å². The maximum Gasteiger partial charge on any atom is 0.421 e. The molecule has 0 spiro atoms. The number of nitrogens with one attached hydrogen (secondary N) is 2. The van der Waals surface area contributed by atoms with Crippen LogP contribution < -0.4 is 21.9 Å². The number of nitrogens with two attached hydrogens (primary N) is 1. The Kier molecular flexibility index (Phi) is 5.48. The van der Waals surface area contributed by atoms with E-state index in [1.807, 2.05) is 6.07 Å². The molecule has 174 valence electrons. The molecule has 2 aromatic heterocycles. The van der Waals surface area contributed by atoms with Gasteiger partial charge in [-0.05, 0) is 68.2 Å². The number of rotatable bonds is 5. The normalized spacial score (nSPS) is 21.2. The average Bonchev–Trinajstić information content (AvgIpc) is 3.60. The van der Waals surface area contributed by atoms with Gasteiger partial charge in [0.15, 0.2) is 0 Å². The van der Waals surface area contributed by atoms with Crippen LogP contribution in [0.2, 0.25) is 0 Å². The van der Waals surface area contributed by atoms with Crippen molar-refractivity contribution in [2.75, 3.05) is 10.6 Å². The SMILES string of the molecule is N[C@H]1CC[C@@H](Nc2nc(Nc3ccc4c(=O)n(C5CC5)ccc4c3)ncc2C(F)(F)F)CC1. The Morgan fingerprint density at radius 1 is 1.06 bits per heavy atom. The van der Waals surface area contributed by atoms with Gasteiger partial charge in [0.2, 0.25) is 5.95 Å². The van der Waals surface area contributed by atoms with Crippen LogP contribution in [-0.2, 0) is 6.18 Å². The first kappa shape index (κ1) is 21.7. The van der Waals surface area contributed by atoms with Gasteiger partial charge < -0.3 is 20.9 Å². The van der Waals surface area contributed by atoms with E-state index in [1.165, 1.54) is 0 Å². The highest BCUT2D eigenvalue weighted by Gasteiger charge is 2.36. The molecule has 2 aliphatic rings. The van der Waals surface area contributed by atoms with Crippen LogP contribution in [0.5, 0.6) is 0 Å². The van der Waals surface area contributed by atoms with E-state index in [0.29, 0.717) is 23.9 Å². The van der Waals surface area contributed by atoms with Gasteiger partial charge in [0.05, 0.1) is 0 Å². The van der Waals surface area contributed by atoms with E-state index in [2.05, 4.69) is 20.6 Å². The van der Waals surface area contributed by atoms with Gasteiger partial charge >= 0.3 is 6.18 Å². The van der Waals surface area contributed by atoms with Crippen molar-refractivity contribution in [1.82, 2.24) is 14.5 Å². The van der Waals surface area contributed by atoms with Gasteiger partial charge in [-0.15, -0.1) is 0 Å². The van der Waals surface area contributed by atoms with E-state index in [-0.39, 0.29) is 35.5 Å². The molecule has 5 rings (SSSR count). The molecule has 33 heavy (non-hydrogen) atoms. The fourth-order valence-electron chi connectivity index (χ4n) is 4.33. The first-order chi connectivity index (χ1) is 15.8. The largest absolute Gasteiger partial charge is 0.421 e. The van der Waals surface area contributed by atoms with Crippen LogP contribution in [0.4, 0.5) is 30.6 Å². The van der Waals surface area contributed by atoms with Crippen LogP contribution in [-0.4, -0.2) is 26.6 Å². The van der Waals surface area contributed by atoms with Gasteiger partial charge in [-0.2, -0.15) is 18.2 Å². The summed E-state index contributed by atoms with van der Waals surface area (Å²) in [7, 11) is 0. The number of fused-ring (bicyclic) bond motifs is 1. The first-order valence-corrected chi connectivity index (χ1v) is 11.2. The molecule has 0 aliphatic heterocycles. The second kappa shape index (κ2) is 8.33. The van der Waals surface area contributed by atoms with E-state index < -0.39 is 11.7 Å². The summed E-state index contributed by atoms with van der Waals surface area (Å²) in [4.78, 5) is 20.7. The van der Waals surface area contributed by atoms with Gasteiger partial charge in [-0.3, -0.25) is 4.79 Å². The van der Waals surface area contributed by atoms with Gasteiger partial charge in [-0.25, -0.2) is 4.98 Å². The number of hydrogen-bond acceptors (Lipinski definition) is 6. The quantitative estimate of drug-likeness (QED) is 0.518. The molecule has 0 amide bonds. The van der Waals surface area contributed by atoms with Crippen molar-refractivity contribution in [3.63, 3.8) is 0 Å². The fraction of sp³-hybridized carbons (Fsp3) is 0.435. The Morgan fingerprint density at radius 3 is 2.52 bits per heavy atom. The van der Waals surface area contributed by atoms with E-state index in [1.54, 1.807) is 29.0 Å². The minimum atomic E-state index is -4.57. The van der Waals surface area contributed by atoms with Crippen LogP contribution in [0, 0.1) is 0 Å².